The van der Waals surface area contributed by atoms with Gasteiger partial charge in [-0.2, -0.15) is 0 Å². The van der Waals surface area contributed by atoms with Gasteiger partial charge in [0.1, 0.15) is 0 Å². The van der Waals surface area contributed by atoms with Crippen LogP contribution in [0, 0.1) is 0 Å². The maximum absolute atomic E-state index is 12.1. The quantitative estimate of drug-likeness (QED) is 0.472. The third-order valence-corrected chi connectivity index (χ3v) is 0.986. The molecule has 0 unspecified atom stereocenters. The van der Waals surface area contributed by atoms with Crippen LogP contribution in [-0.4, -0.2) is 11.6 Å². The zero-order chi connectivity index (χ0) is 7.72. The highest BCUT2D eigenvalue weighted by molar-refractivity contribution is 6.17. The van der Waals surface area contributed by atoms with Crippen LogP contribution >= 0.6 is 0 Å². The first kappa shape index (κ1) is 6.80. The van der Waals surface area contributed by atoms with Crippen LogP contribution in [0.5, 0.6) is 0 Å². The number of hydrogen-bond acceptors (Lipinski definition) is 2. The maximum Gasteiger partial charge on any atom is 0.217 e. The number of hydrogen-bond donors (Lipinski definition) is 0. The summed E-state index contributed by atoms with van der Waals surface area (Å²) in [6.45, 7) is 0. The third-order valence-electron chi connectivity index (χ3n) is 0.986. The first-order valence-electron chi connectivity index (χ1n) is 2.44. The molecule has 0 aliphatic heterocycles. The Morgan fingerprint density at radius 2 is 1.20 bits per heavy atom. The number of allylic oxidation sites excluding steroid dienone is 4. The van der Waals surface area contributed by atoms with E-state index in [1.165, 1.54) is 0 Å². The van der Waals surface area contributed by atoms with E-state index >= 15 is 0 Å². The lowest BCUT2D eigenvalue weighted by molar-refractivity contribution is -0.117. The van der Waals surface area contributed by atoms with Gasteiger partial charge in [0.15, 0.2) is 11.7 Å². The summed E-state index contributed by atoms with van der Waals surface area (Å²) in [6, 6.07) is 0. The second-order valence-electron chi connectivity index (χ2n) is 1.71. The summed E-state index contributed by atoms with van der Waals surface area (Å²) in [5, 5.41) is 0. The van der Waals surface area contributed by atoms with Crippen molar-refractivity contribution in [2.45, 2.75) is 0 Å². The van der Waals surface area contributed by atoms with Crippen molar-refractivity contribution in [2.75, 3.05) is 0 Å². The summed E-state index contributed by atoms with van der Waals surface area (Å²) in [5.74, 6) is -4.63. The molecular formula is C6H2F2O2. The lowest BCUT2D eigenvalue weighted by Crippen LogP contribution is -2.07. The molecule has 1 rings (SSSR count). The molecule has 0 heterocycles. The molecule has 52 valence electrons. The van der Waals surface area contributed by atoms with E-state index in [1.54, 1.807) is 0 Å². The molecule has 0 bridgehead atoms. The fourth-order valence-electron chi connectivity index (χ4n) is 0.510. The van der Waals surface area contributed by atoms with E-state index in [1.807, 2.05) is 0 Å². The van der Waals surface area contributed by atoms with Gasteiger partial charge in [0.2, 0.25) is 11.6 Å². The van der Waals surface area contributed by atoms with Crippen molar-refractivity contribution in [1.29, 1.82) is 0 Å². The van der Waals surface area contributed by atoms with Crippen molar-refractivity contribution >= 4 is 11.6 Å². The fourth-order valence-corrected chi connectivity index (χ4v) is 0.510. The molecule has 4 heteroatoms. The monoisotopic (exact) mass is 144 g/mol. The molecule has 1 aliphatic carbocycles. The Kier molecular flexibility index (Phi) is 1.45. The zero-order valence-corrected chi connectivity index (χ0v) is 4.73. The van der Waals surface area contributed by atoms with E-state index in [4.69, 9.17) is 0 Å². The Labute approximate surface area is 54.8 Å². The van der Waals surface area contributed by atoms with Crippen LogP contribution < -0.4 is 0 Å². The van der Waals surface area contributed by atoms with Gasteiger partial charge in [-0.1, -0.05) is 0 Å². The van der Waals surface area contributed by atoms with Crippen molar-refractivity contribution < 1.29 is 18.4 Å². The minimum absolute atomic E-state index is 0.331. The van der Waals surface area contributed by atoms with Gasteiger partial charge in [-0.05, 0) is 0 Å². The number of halogens is 2. The van der Waals surface area contributed by atoms with E-state index in [0.29, 0.717) is 12.2 Å². The van der Waals surface area contributed by atoms with Crippen LogP contribution in [0.3, 0.4) is 0 Å². The molecule has 0 atom stereocenters. The molecule has 0 radical (unpaired) electrons. The van der Waals surface area contributed by atoms with Crippen LogP contribution in [0.1, 0.15) is 0 Å². The minimum Gasteiger partial charge on any atom is -0.287 e. The summed E-state index contributed by atoms with van der Waals surface area (Å²) in [4.78, 5) is 20.5. The van der Waals surface area contributed by atoms with Gasteiger partial charge < -0.3 is 0 Å². The van der Waals surface area contributed by atoms with E-state index in [0.717, 1.165) is 0 Å². The number of carbonyl (C=O) groups is 2. The van der Waals surface area contributed by atoms with Crippen molar-refractivity contribution in [3.8, 4) is 0 Å². The number of ketones is 2. The smallest absolute Gasteiger partial charge is 0.217 e. The molecule has 0 saturated carbocycles. The van der Waals surface area contributed by atoms with Crippen molar-refractivity contribution in [3.63, 3.8) is 0 Å². The summed E-state index contributed by atoms with van der Waals surface area (Å²) < 4.78 is 24.2. The van der Waals surface area contributed by atoms with Crippen molar-refractivity contribution in [2.24, 2.45) is 0 Å². The van der Waals surface area contributed by atoms with Crippen LogP contribution in [-0.2, 0) is 9.59 Å². The Morgan fingerprint density at radius 1 is 0.900 bits per heavy atom. The molecule has 0 fully saturated rings. The summed E-state index contributed by atoms with van der Waals surface area (Å²) >= 11 is 0. The standard InChI is InChI=1S/C6H2F2O2/c7-3-1-5(9)4(8)2-6(3)10/h1-2H. The summed E-state index contributed by atoms with van der Waals surface area (Å²) in [5.41, 5.74) is 0. The highest BCUT2D eigenvalue weighted by atomic mass is 19.1. The molecule has 0 amide bonds. The highest BCUT2D eigenvalue weighted by Gasteiger charge is 2.19. The van der Waals surface area contributed by atoms with Gasteiger partial charge >= 0.3 is 0 Å². The van der Waals surface area contributed by atoms with E-state index in [9.17, 15) is 18.4 Å². The minimum atomic E-state index is -1.22. The maximum atomic E-state index is 12.1. The average Bonchev–Trinajstić information content (AvgIpc) is 1.84. The van der Waals surface area contributed by atoms with Gasteiger partial charge in [-0.3, -0.25) is 9.59 Å². The topological polar surface area (TPSA) is 34.1 Å². The Morgan fingerprint density at radius 3 is 1.50 bits per heavy atom. The molecule has 0 N–H and O–H groups in total. The third kappa shape index (κ3) is 1.00. The molecule has 0 spiro atoms. The first-order chi connectivity index (χ1) is 4.61. The number of rotatable bonds is 0. The Bertz CT molecular complexity index is 235. The van der Waals surface area contributed by atoms with Gasteiger partial charge in [0.25, 0.3) is 0 Å². The van der Waals surface area contributed by atoms with Crippen LogP contribution in [0.2, 0.25) is 0 Å². The number of carbonyl (C=O) groups excluding carboxylic acids is 2. The zero-order valence-electron chi connectivity index (χ0n) is 4.73. The highest BCUT2D eigenvalue weighted by Crippen LogP contribution is 2.12. The molecule has 0 aromatic carbocycles. The summed E-state index contributed by atoms with van der Waals surface area (Å²) in [6.07, 6.45) is 0.662. The normalized spacial score (nSPS) is 18.6. The predicted molar refractivity (Wildman–Crippen MR) is 28.4 cm³/mol. The van der Waals surface area contributed by atoms with Crippen molar-refractivity contribution in [3.05, 3.63) is 23.8 Å². The van der Waals surface area contributed by atoms with Crippen LogP contribution in [0.4, 0.5) is 8.78 Å². The van der Waals surface area contributed by atoms with Crippen LogP contribution in [0.25, 0.3) is 0 Å². The van der Waals surface area contributed by atoms with E-state index < -0.39 is 23.2 Å². The fraction of sp³-hybridized carbons (Fsp3) is 0. The van der Waals surface area contributed by atoms with Gasteiger partial charge in [0, 0.05) is 12.2 Å². The summed E-state index contributed by atoms with van der Waals surface area (Å²) in [7, 11) is 0. The second kappa shape index (κ2) is 2.13. The Hall–Kier alpha value is -1.32. The molecule has 0 saturated heterocycles. The lowest BCUT2D eigenvalue weighted by Gasteiger charge is -1.97. The predicted octanol–water partition coefficient (Wildman–Crippen LogP) is 0.845. The molecule has 2 nitrogen and oxygen atoms in total. The first-order valence-corrected chi connectivity index (χ1v) is 2.44. The van der Waals surface area contributed by atoms with Gasteiger partial charge in [-0.15, -0.1) is 0 Å². The molecular weight excluding hydrogens is 142 g/mol. The molecule has 1 aliphatic rings. The average molecular weight is 144 g/mol. The van der Waals surface area contributed by atoms with Gasteiger partial charge in [0.05, 0.1) is 0 Å². The van der Waals surface area contributed by atoms with Crippen molar-refractivity contribution in [1.82, 2.24) is 0 Å². The molecule has 10 heavy (non-hydrogen) atoms. The largest absolute Gasteiger partial charge is 0.287 e. The molecule has 0 aromatic heterocycles. The molecule has 0 aromatic rings. The van der Waals surface area contributed by atoms with Crippen LogP contribution in [0.15, 0.2) is 23.8 Å². The van der Waals surface area contributed by atoms with E-state index in [-0.39, 0.29) is 0 Å². The second-order valence-corrected chi connectivity index (χ2v) is 1.71. The van der Waals surface area contributed by atoms with Gasteiger partial charge in [-0.25, -0.2) is 8.78 Å². The van der Waals surface area contributed by atoms with E-state index in [2.05, 4.69) is 0 Å². The lowest BCUT2D eigenvalue weighted by atomic mass is 10.1. The Balaban J connectivity index is 3.03. The SMILES string of the molecule is O=C1C=C(F)C(=O)C=C1F.